The molecule has 0 aromatic carbocycles. The van der Waals surface area contributed by atoms with Crippen molar-refractivity contribution in [3.05, 3.63) is 40.9 Å². The monoisotopic (exact) mass is 248 g/mol. The lowest BCUT2D eigenvalue weighted by atomic mass is 10.1. The predicted molar refractivity (Wildman–Crippen MR) is 68.9 cm³/mol. The maximum atomic E-state index is 4.33. The van der Waals surface area contributed by atoms with Gasteiger partial charge in [-0.2, -0.15) is 0 Å². The van der Waals surface area contributed by atoms with Crippen molar-refractivity contribution in [2.24, 2.45) is 0 Å². The highest BCUT2D eigenvalue weighted by Gasteiger charge is 2.13. The summed E-state index contributed by atoms with van der Waals surface area (Å²) in [6, 6.07) is 0.252. The molecule has 1 N–H and O–H groups in total. The maximum Gasteiger partial charge on any atom is 0.115 e. The molecule has 0 aliphatic rings. The molecular weight excluding hydrogens is 232 g/mol. The highest BCUT2D eigenvalue weighted by Crippen LogP contribution is 2.18. The molecule has 5 heteroatoms. The molecule has 1 atom stereocenters. The second-order valence-corrected chi connectivity index (χ2v) is 4.79. The molecule has 0 aliphatic carbocycles. The first-order chi connectivity index (χ1) is 8.40. The van der Waals surface area contributed by atoms with Gasteiger partial charge in [0.25, 0.3) is 0 Å². The van der Waals surface area contributed by atoms with E-state index in [4.69, 9.17) is 0 Å². The first-order valence-corrected chi connectivity index (χ1v) is 6.64. The number of rotatable bonds is 6. The van der Waals surface area contributed by atoms with Crippen molar-refractivity contribution in [3.63, 3.8) is 0 Å². The molecule has 1 unspecified atom stereocenters. The Labute approximate surface area is 105 Å². The number of aromatic nitrogens is 3. The first-order valence-electron chi connectivity index (χ1n) is 5.76. The van der Waals surface area contributed by atoms with Crippen molar-refractivity contribution in [2.75, 3.05) is 6.54 Å². The van der Waals surface area contributed by atoms with Crippen LogP contribution < -0.4 is 5.32 Å². The zero-order valence-electron chi connectivity index (χ0n) is 9.84. The van der Waals surface area contributed by atoms with E-state index in [0.29, 0.717) is 0 Å². The van der Waals surface area contributed by atoms with Gasteiger partial charge < -0.3 is 5.32 Å². The van der Waals surface area contributed by atoms with E-state index >= 15 is 0 Å². The summed E-state index contributed by atoms with van der Waals surface area (Å²) in [7, 11) is 0. The van der Waals surface area contributed by atoms with Crippen molar-refractivity contribution in [1.82, 2.24) is 20.3 Å². The van der Waals surface area contributed by atoms with E-state index in [-0.39, 0.29) is 6.04 Å². The Bertz CT molecular complexity index is 415. The van der Waals surface area contributed by atoms with Crippen molar-refractivity contribution >= 4 is 11.3 Å². The Balaban J connectivity index is 2.08. The van der Waals surface area contributed by atoms with Crippen LogP contribution >= 0.6 is 11.3 Å². The Kier molecular flexibility index (Phi) is 4.58. The standard InChI is InChI=1S/C12H16N4S/c1-2-3-15-11(6-12-16-4-5-17-12)10-7-13-9-14-8-10/h4-5,7-9,11,15H,2-3,6H2,1H3. The Morgan fingerprint density at radius 2 is 2.18 bits per heavy atom. The highest BCUT2D eigenvalue weighted by molar-refractivity contribution is 7.09. The fraction of sp³-hybridized carbons (Fsp3) is 0.417. The van der Waals surface area contributed by atoms with E-state index in [0.717, 1.165) is 30.0 Å². The minimum Gasteiger partial charge on any atom is -0.309 e. The Morgan fingerprint density at radius 3 is 2.82 bits per heavy atom. The van der Waals surface area contributed by atoms with Gasteiger partial charge in [0, 0.05) is 42.0 Å². The minimum absolute atomic E-state index is 0.252. The fourth-order valence-electron chi connectivity index (χ4n) is 1.65. The molecule has 2 rings (SSSR count). The average molecular weight is 248 g/mol. The smallest absolute Gasteiger partial charge is 0.115 e. The predicted octanol–water partition coefficient (Wildman–Crippen LogP) is 2.22. The second-order valence-electron chi connectivity index (χ2n) is 3.81. The molecule has 2 heterocycles. The van der Waals surface area contributed by atoms with Crippen LogP contribution in [0.25, 0.3) is 0 Å². The molecule has 2 aromatic rings. The van der Waals surface area contributed by atoms with Gasteiger partial charge in [0.2, 0.25) is 0 Å². The van der Waals surface area contributed by atoms with E-state index in [1.165, 1.54) is 0 Å². The molecule has 0 amide bonds. The third-order valence-corrected chi connectivity index (χ3v) is 3.29. The average Bonchev–Trinajstić information content (AvgIpc) is 2.88. The zero-order chi connectivity index (χ0) is 11.9. The Morgan fingerprint density at radius 1 is 1.35 bits per heavy atom. The van der Waals surface area contributed by atoms with Crippen molar-refractivity contribution in [3.8, 4) is 0 Å². The van der Waals surface area contributed by atoms with Crippen LogP contribution in [0.5, 0.6) is 0 Å². The van der Waals surface area contributed by atoms with Crippen LogP contribution in [0.1, 0.15) is 30.0 Å². The summed E-state index contributed by atoms with van der Waals surface area (Å²) in [5.74, 6) is 0. The van der Waals surface area contributed by atoms with Crippen LogP contribution in [-0.4, -0.2) is 21.5 Å². The summed E-state index contributed by atoms with van der Waals surface area (Å²) in [5.41, 5.74) is 1.12. The summed E-state index contributed by atoms with van der Waals surface area (Å²) in [6.07, 6.45) is 9.15. The van der Waals surface area contributed by atoms with E-state index in [9.17, 15) is 0 Å². The lowest BCUT2D eigenvalue weighted by molar-refractivity contribution is 0.525. The number of nitrogens with zero attached hydrogens (tertiary/aromatic N) is 3. The summed E-state index contributed by atoms with van der Waals surface area (Å²) in [4.78, 5) is 12.5. The van der Waals surface area contributed by atoms with Crippen LogP contribution in [0.15, 0.2) is 30.3 Å². The molecular formula is C12H16N4S. The minimum atomic E-state index is 0.252. The number of nitrogens with one attached hydrogen (secondary N) is 1. The number of thiazole rings is 1. The van der Waals surface area contributed by atoms with Crippen molar-refractivity contribution in [2.45, 2.75) is 25.8 Å². The van der Waals surface area contributed by atoms with Crippen LogP contribution in [0, 0.1) is 0 Å². The van der Waals surface area contributed by atoms with Gasteiger partial charge in [-0.25, -0.2) is 15.0 Å². The SMILES string of the molecule is CCCNC(Cc1nccs1)c1cncnc1. The maximum absolute atomic E-state index is 4.33. The topological polar surface area (TPSA) is 50.7 Å². The van der Waals surface area contributed by atoms with Gasteiger partial charge >= 0.3 is 0 Å². The molecule has 0 saturated heterocycles. The summed E-state index contributed by atoms with van der Waals surface area (Å²) < 4.78 is 0. The van der Waals surface area contributed by atoms with Gasteiger partial charge in [-0.1, -0.05) is 6.92 Å². The van der Waals surface area contributed by atoms with Crippen LogP contribution in [0.2, 0.25) is 0 Å². The first kappa shape index (κ1) is 12.1. The quantitative estimate of drug-likeness (QED) is 0.851. The summed E-state index contributed by atoms with van der Waals surface area (Å²) >= 11 is 1.69. The molecule has 17 heavy (non-hydrogen) atoms. The summed E-state index contributed by atoms with van der Waals surface area (Å²) in [6.45, 7) is 3.15. The van der Waals surface area contributed by atoms with Crippen molar-refractivity contribution in [1.29, 1.82) is 0 Å². The van der Waals surface area contributed by atoms with Gasteiger partial charge in [0.15, 0.2) is 0 Å². The molecule has 2 aromatic heterocycles. The molecule has 0 aliphatic heterocycles. The molecule has 0 bridgehead atoms. The highest BCUT2D eigenvalue weighted by atomic mass is 32.1. The third kappa shape index (κ3) is 3.57. The van der Waals surface area contributed by atoms with E-state index < -0.39 is 0 Å². The van der Waals surface area contributed by atoms with Gasteiger partial charge in [-0.15, -0.1) is 11.3 Å². The van der Waals surface area contributed by atoms with Crippen LogP contribution in [-0.2, 0) is 6.42 Å². The van der Waals surface area contributed by atoms with E-state index in [1.807, 2.05) is 24.0 Å². The molecule has 4 nitrogen and oxygen atoms in total. The van der Waals surface area contributed by atoms with Crippen LogP contribution in [0.3, 0.4) is 0 Å². The van der Waals surface area contributed by atoms with E-state index in [2.05, 4.69) is 27.2 Å². The molecule has 0 fully saturated rings. The molecule has 0 spiro atoms. The number of hydrogen-bond donors (Lipinski definition) is 1. The zero-order valence-corrected chi connectivity index (χ0v) is 10.7. The molecule has 0 radical (unpaired) electrons. The van der Waals surface area contributed by atoms with Gasteiger partial charge in [-0.05, 0) is 13.0 Å². The van der Waals surface area contributed by atoms with Gasteiger partial charge in [0.1, 0.15) is 6.33 Å². The molecule has 0 saturated carbocycles. The third-order valence-electron chi connectivity index (χ3n) is 2.49. The largest absolute Gasteiger partial charge is 0.309 e. The van der Waals surface area contributed by atoms with Crippen LogP contribution in [0.4, 0.5) is 0 Å². The molecule has 90 valence electrons. The lowest BCUT2D eigenvalue weighted by Gasteiger charge is -2.16. The van der Waals surface area contributed by atoms with Gasteiger partial charge in [0.05, 0.1) is 5.01 Å². The fourth-order valence-corrected chi connectivity index (χ4v) is 2.31. The second kappa shape index (κ2) is 6.42. The van der Waals surface area contributed by atoms with Crippen molar-refractivity contribution < 1.29 is 0 Å². The van der Waals surface area contributed by atoms with Gasteiger partial charge in [-0.3, -0.25) is 0 Å². The number of hydrogen-bond acceptors (Lipinski definition) is 5. The summed E-state index contributed by atoms with van der Waals surface area (Å²) in [5, 5.41) is 6.66. The van der Waals surface area contributed by atoms with E-state index in [1.54, 1.807) is 17.7 Å². The Hall–Kier alpha value is -1.33. The lowest BCUT2D eigenvalue weighted by Crippen LogP contribution is -2.24. The normalized spacial score (nSPS) is 12.5.